The van der Waals surface area contributed by atoms with E-state index in [0.29, 0.717) is 25.4 Å². The van der Waals surface area contributed by atoms with E-state index in [0.717, 1.165) is 24.0 Å². The van der Waals surface area contributed by atoms with Crippen molar-refractivity contribution in [2.75, 3.05) is 19.7 Å². The number of benzene rings is 2. The zero-order valence-electron chi connectivity index (χ0n) is 17.4. The Labute approximate surface area is 183 Å². The summed E-state index contributed by atoms with van der Waals surface area (Å²) in [6.45, 7) is 0.538. The summed E-state index contributed by atoms with van der Waals surface area (Å²) in [6.07, 6.45) is 2.79. The predicted molar refractivity (Wildman–Crippen MR) is 118 cm³/mol. The van der Waals surface area contributed by atoms with Crippen molar-refractivity contribution in [3.63, 3.8) is 0 Å². The molecule has 1 amide bonds. The minimum atomic E-state index is -3.67. The van der Waals surface area contributed by atoms with Gasteiger partial charge in [0.15, 0.2) is 0 Å². The Hall–Kier alpha value is -2.22. The maximum Gasteiger partial charge on any atom is 0.222 e. The smallest absolute Gasteiger partial charge is 0.222 e. The molecule has 5 rings (SSSR count). The third kappa shape index (κ3) is 3.58. The van der Waals surface area contributed by atoms with Gasteiger partial charge in [-0.3, -0.25) is 4.79 Å². The summed E-state index contributed by atoms with van der Waals surface area (Å²) in [6, 6.07) is 18.4. The lowest BCUT2D eigenvalue weighted by atomic mass is 9.63. The van der Waals surface area contributed by atoms with Crippen molar-refractivity contribution >= 4 is 15.9 Å². The van der Waals surface area contributed by atoms with E-state index in [1.165, 1.54) is 4.31 Å². The van der Waals surface area contributed by atoms with Crippen LogP contribution in [0, 0.1) is 5.92 Å². The molecule has 1 N–H and O–H groups in total. The Morgan fingerprint density at radius 2 is 1.61 bits per heavy atom. The first-order valence-corrected chi connectivity index (χ1v) is 12.6. The Kier molecular flexibility index (Phi) is 5.15. The van der Waals surface area contributed by atoms with Crippen molar-refractivity contribution in [1.29, 1.82) is 0 Å². The average Bonchev–Trinajstić information content (AvgIpc) is 3.51. The lowest BCUT2D eigenvalue weighted by Crippen LogP contribution is -2.85. The summed E-state index contributed by atoms with van der Waals surface area (Å²) >= 11 is 0. The number of rotatable bonds is 7. The molecule has 3 fully saturated rings. The fourth-order valence-corrected chi connectivity index (χ4v) is 7.55. The normalized spacial score (nSPS) is 25.1. The van der Waals surface area contributed by atoms with Gasteiger partial charge in [0.1, 0.15) is 0 Å². The average molecular weight is 441 g/mol. The van der Waals surface area contributed by atoms with Gasteiger partial charge in [-0.15, -0.1) is 0 Å². The summed E-state index contributed by atoms with van der Waals surface area (Å²) in [5, 5.41) is 10.2. The highest BCUT2D eigenvalue weighted by atomic mass is 32.2. The van der Waals surface area contributed by atoms with E-state index in [9.17, 15) is 18.3 Å². The highest BCUT2D eigenvalue weighted by Crippen LogP contribution is 2.55. The minimum absolute atomic E-state index is 0.108. The van der Waals surface area contributed by atoms with E-state index in [4.69, 9.17) is 0 Å². The van der Waals surface area contributed by atoms with Crippen LogP contribution in [0.25, 0.3) is 0 Å². The van der Waals surface area contributed by atoms with Gasteiger partial charge in [-0.25, -0.2) is 8.42 Å². The lowest BCUT2D eigenvalue weighted by molar-refractivity contribution is -0.167. The van der Waals surface area contributed by atoms with Crippen LogP contribution < -0.4 is 0 Å². The number of sulfonamides is 1. The third-order valence-electron chi connectivity index (χ3n) is 6.98. The van der Waals surface area contributed by atoms with Crippen molar-refractivity contribution < 1.29 is 18.3 Å². The number of likely N-dealkylation sites (tertiary alicyclic amines) is 1. The molecule has 1 aliphatic carbocycles. The maximum absolute atomic E-state index is 13.5. The minimum Gasteiger partial charge on any atom is -0.395 e. The Bertz CT molecular complexity index is 1050. The van der Waals surface area contributed by atoms with Crippen LogP contribution in [0.3, 0.4) is 0 Å². The molecular weight excluding hydrogens is 412 g/mol. The van der Waals surface area contributed by atoms with Crippen LogP contribution in [-0.2, 0) is 20.6 Å². The van der Waals surface area contributed by atoms with Crippen LogP contribution in [0.5, 0.6) is 0 Å². The van der Waals surface area contributed by atoms with Crippen molar-refractivity contribution in [2.24, 2.45) is 5.92 Å². The van der Waals surface area contributed by atoms with Crippen molar-refractivity contribution in [2.45, 2.75) is 42.5 Å². The molecule has 0 bridgehead atoms. The number of nitrogens with zero attached hydrogens (tertiary/aromatic N) is 2. The standard InChI is InChI=1S/C24H28N2O4S/c27-14-21-23(20-9-5-2-6-10-20)24(16-25(17-24)22(28)13-18-11-12-18)26(21)31(29,30)15-19-7-3-1-4-8-19/h1-10,18,21,23,27H,11-17H2/t21-,23+/m0/s1. The lowest BCUT2D eigenvalue weighted by Gasteiger charge is -2.69. The van der Waals surface area contributed by atoms with Crippen LogP contribution in [0.1, 0.15) is 36.3 Å². The number of carbonyl (C=O) groups is 1. The molecule has 1 saturated carbocycles. The number of aliphatic hydroxyl groups excluding tert-OH is 1. The molecule has 0 aromatic heterocycles. The summed E-state index contributed by atoms with van der Waals surface area (Å²) in [5.41, 5.74) is 1.06. The van der Waals surface area contributed by atoms with Crippen LogP contribution >= 0.6 is 0 Å². The monoisotopic (exact) mass is 440 g/mol. The molecule has 7 heteroatoms. The van der Waals surface area contributed by atoms with Gasteiger partial charge in [0.05, 0.1) is 23.9 Å². The molecule has 2 aliphatic heterocycles. The van der Waals surface area contributed by atoms with E-state index in [1.807, 2.05) is 48.5 Å². The van der Waals surface area contributed by atoms with Gasteiger partial charge < -0.3 is 10.0 Å². The summed E-state index contributed by atoms with van der Waals surface area (Å²) in [5.74, 6) is 0.379. The largest absolute Gasteiger partial charge is 0.395 e. The van der Waals surface area contributed by atoms with E-state index in [-0.39, 0.29) is 24.2 Å². The first-order chi connectivity index (χ1) is 14.9. The molecule has 164 valence electrons. The van der Waals surface area contributed by atoms with Gasteiger partial charge >= 0.3 is 0 Å². The molecule has 31 heavy (non-hydrogen) atoms. The quantitative estimate of drug-likeness (QED) is 0.717. The highest BCUT2D eigenvalue weighted by Gasteiger charge is 2.70. The molecule has 2 aromatic rings. The molecule has 0 radical (unpaired) electrons. The van der Waals surface area contributed by atoms with Gasteiger partial charge in [-0.2, -0.15) is 4.31 Å². The van der Waals surface area contributed by atoms with Crippen LogP contribution in [0.15, 0.2) is 60.7 Å². The maximum atomic E-state index is 13.5. The Morgan fingerprint density at radius 1 is 1.00 bits per heavy atom. The SMILES string of the molecule is O=C(CC1CC1)N1CC2(C1)[C@H](c1ccccc1)[C@H](CO)N2S(=O)(=O)Cc1ccccc1. The summed E-state index contributed by atoms with van der Waals surface area (Å²) in [4.78, 5) is 14.5. The zero-order valence-corrected chi connectivity index (χ0v) is 18.2. The molecule has 2 saturated heterocycles. The fourth-order valence-electron chi connectivity index (χ4n) is 5.41. The number of hydrogen-bond acceptors (Lipinski definition) is 4. The predicted octanol–water partition coefficient (Wildman–Crippen LogP) is 2.36. The van der Waals surface area contributed by atoms with Crippen molar-refractivity contribution in [3.05, 3.63) is 71.8 Å². The van der Waals surface area contributed by atoms with Gasteiger partial charge in [0.2, 0.25) is 15.9 Å². The Morgan fingerprint density at radius 3 is 2.19 bits per heavy atom. The van der Waals surface area contributed by atoms with Gasteiger partial charge in [0.25, 0.3) is 0 Å². The van der Waals surface area contributed by atoms with Gasteiger partial charge in [0, 0.05) is 25.4 Å². The first kappa shape index (κ1) is 20.7. The van der Waals surface area contributed by atoms with E-state index >= 15 is 0 Å². The zero-order chi connectivity index (χ0) is 21.6. The molecule has 2 atom stereocenters. The van der Waals surface area contributed by atoms with E-state index in [1.54, 1.807) is 17.0 Å². The number of amides is 1. The number of aliphatic hydroxyl groups is 1. The second kappa shape index (κ2) is 7.73. The molecule has 1 spiro atoms. The summed E-state index contributed by atoms with van der Waals surface area (Å²) in [7, 11) is -3.67. The van der Waals surface area contributed by atoms with Crippen molar-refractivity contribution in [1.82, 2.24) is 9.21 Å². The van der Waals surface area contributed by atoms with Crippen LogP contribution in [-0.4, -0.2) is 59.9 Å². The Balaban J connectivity index is 1.45. The van der Waals surface area contributed by atoms with Crippen LogP contribution in [0.2, 0.25) is 0 Å². The topological polar surface area (TPSA) is 77.9 Å². The van der Waals surface area contributed by atoms with Crippen molar-refractivity contribution in [3.8, 4) is 0 Å². The fraction of sp³-hybridized carbons (Fsp3) is 0.458. The molecule has 2 heterocycles. The second-order valence-corrected chi connectivity index (χ2v) is 11.0. The van der Waals surface area contributed by atoms with Gasteiger partial charge in [-0.05, 0) is 29.9 Å². The second-order valence-electron chi connectivity index (χ2n) is 9.18. The third-order valence-corrected chi connectivity index (χ3v) is 8.92. The number of carbonyl (C=O) groups excluding carboxylic acids is 1. The number of hydrogen-bond donors (Lipinski definition) is 1. The van der Waals surface area contributed by atoms with Gasteiger partial charge in [-0.1, -0.05) is 60.7 Å². The molecule has 0 unspecified atom stereocenters. The molecule has 3 aliphatic rings. The van der Waals surface area contributed by atoms with Crippen LogP contribution in [0.4, 0.5) is 0 Å². The molecule has 2 aromatic carbocycles. The highest BCUT2D eigenvalue weighted by molar-refractivity contribution is 7.88. The molecular formula is C24H28N2O4S. The summed E-state index contributed by atoms with van der Waals surface area (Å²) < 4.78 is 28.5. The van der Waals surface area contributed by atoms with E-state index in [2.05, 4.69) is 0 Å². The van der Waals surface area contributed by atoms with E-state index < -0.39 is 21.6 Å². The molecule has 6 nitrogen and oxygen atoms in total. The first-order valence-electron chi connectivity index (χ1n) is 10.9.